The molecule has 2 saturated carbocycles. The highest BCUT2D eigenvalue weighted by Crippen LogP contribution is 2.51. The average Bonchev–Trinajstić information content (AvgIpc) is 2.76. The summed E-state index contributed by atoms with van der Waals surface area (Å²) in [5, 5.41) is 0. The lowest BCUT2D eigenvalue weighted by Crippen LogP contribution is -2.40. The molecule has 0 spiro atoms. The van der Waals surface area contributed by atoms with Crippen LogP contribution in [0.15, 0.2) is 0 Å². The summed E-state index contributed by atoms with van der Waals surface area (Å²) in [6.07, 6.45) is 7.36. The van der Waals surface area contributed by atoms with E-state index in [1.165, 1.54) is 58.3 Å². The Hall–Kier alpha value is -0.0800. The Bertz CT molecular complexity index is 481. The van der Waals surface area contributed by atoms with Crippen molar-refractivity contribution in [1.29, 1.82) is 0 Å². The minimum atomic E-state index is 0.465. The SMILES string of the molecule is CN1CC2CC(CC(C)(C)C)CC2C1CC(C)(C)CN1CC2CC2C1. The number of rotatable bonds is 5. The van der Waals surface area contributed by atoms with Crippen LogP contribution in [-0.2, 0) is 0 Å². The van der Waals surface area contributed by atoms with E-state index in [1.54, 1.807) is 0 Å². The van der Waals surface area contributed by atoms with Crippen LogP contribution in [0, 0.1) is 40.4 Å². The van der Waals surface area contributed by atoms with Crippen molar-refractivity contribution in [3.8, 4) is 0 Å². The van der Waals surface area contributed by atoms with Crippen molar-refractivity contribution in [3.05, 3.63) is 0 Å². The van der Waals surface area contributed by atoms with Gasteiger partial charge in [-0.05, 0) is 79.6 Å². The third kappa shape index (κ3) is 4.10. The van der Waals surface area contributed by atoms with Gasteiger partial charge in [0.15, 0.2) is 0 Å². The molecule has 4 rings (SSSR count). The summed E-state index contributed by atoms with van der Waals surface area (Å²) in [4.78, 5) is 5.51. The highest BCUT2D eigenvalue weighted by molar-refractivity contribution is 5.02. The van der Waals surface area contributed by atoms with Gasteiger partial charge in [0.2, 0.25) is 0 Å². The van der Waals surface area contributed by atoms with Gasteiger partial charge in [-0.3, -0.25) is 0 Å². The molecule has 6 atom stereocenters. The molecule has 0 aromatic rings. The van der Waals surface area contributed by atoms with Gasteiger partial charge in [-0.25, -0.2) is 0 Å². The Labute approximate surface area is 156 Å². The van der Waals surface area contributed by atoms with Gasteiger partial charge in [0.05, 0.1) is 0 Å². The van der Waals surface area contributed by atoms with Gasteiger partial charge in [0, 0.05) is 32.2 Å². The molecule has 4 fully saturated rings. The van der Waals surface area contributed by atoms with Crippen LogP contribution in [0.1, 0.15) is 66.7 Å². The molecule has 0 aromatic carbocycles. The molecule has 0 radical (unpaired) electrons. The molecule has 0 aromatic heterocycles. The van der Waals surface area contributed by atoms with Crippen LogP contribution >= 0.6 is 0 Å². The lowest BCUT2D eigenvalue weighted by atomic mass is 9.79. The topological polar surface area (TPSA) is 6.48 Å². The molecule has 2 saturated heterocycles. The van der Waals surface area contributed by atoms with Crippen molar-refractivity contribution >= 4 is 0 Å². The molecule has 4 aliphatic rings. The van der Waals surface area contributed by atoms with Gasteiger partial charge in [0.25, 0.3) is 0 Å². The molecule has 25 heavy (non-hydrogen) atoms. The zero-order chi connectivity index (χ0) is 18.0. The van der Waals surface area contributed by atoms with Gasteiger partial charge in [-0.2, -0.15) is 0 Å². The van der Waals surface area contributed by atoms with E-state index in [9.17, 15) is 0 Å². The monoisotopic (exact) mass is 346 g/mol. The predicted molar refractivity (Wildman–Crippen MR) is 107 cm³/mol. The summed E-state index contributed by atoms with van der Waals surface area (Å²) in [6, 6.07) is 0.835. The van der Waals surface area contributed by atoms with E-state index >= 15 is 0 Å². The Morgan fingerprint density at radius 3 is 2.12 bits per heavy atom. The van der Waals surface area contributed by atoms with Crippen LogP contribution in [-0.4, -0.2) is 49.1 Å². The molecule has 2 heterocycles. The molecule has 0 N–H and O–H groups in total. The summed E-state index contributed by atoms with van der Waals surface area (Å²) in [5.41, 5.74) is 0.966. The summed E-state index contributed by atoms with van der Waals surface area (Å²) < 4.78 is 0. The van der Waals surface area contributed by atoms with Crippen LogP contribution < -0.4 is 0 Å². The summed E-state index contributed by atoms with van der Waals surface area (Å²) in [7, 11) is 2.41. The maximum absolute atomic E-state index is 2.78. The minimum Gasteiger partial charge on any atom is -0.303 e. The quantitative estimate of drug-likeness (QED) is 0.709. The highest BCUT2D eigenvalue weighted by Gasteiger charge is 2.49. The first-order chi connectivity index (χ1) is 11.6. The van der Waals surface area contributed by atoms with Crippen molar-refractivity contribution in [1.82, 2.24) is 9.80 Å². The molecule has 2 nitrogen and oxygen atoms in total. The maximum Gasteiger partial charge on any atom is 0.0129 e. The molecule has 2 heteroatoms. The number of piperidine rings is 1. The molecular weight excluding hydrogens is 304 g/mol. The van der Waals surface area contributed by atoms with Crippen LogP contribution in [0.4, 0.5) is 0 Å². The number of hydrogen-bond donors (Lipinski definition) is 0. The summed E-state index contributed by atoms with van der Waals surface area (Å²) in [6.45, 7) is 17.8. The van der Waals surface area contributed by atoms with Crippen LogP contribution in [0.5, 0.6) is 0 Å². The molecule has 0 amide bonds. The van der Waals surface area contributed by atoms with Crippen molar-refractivity contribution in [2.24, 2.45) is 40.4 Å². The summed E-state index contributed by atoms with van der Waals surface area (Å²) >= 11 is 0. The van der Waals surface area contributed by atoms with Crippen molar-refractivity contribution in [2.45, 2.75) is 72.8 Å². The number of hydrogen-bond acceptors (Lipinski definition) is 2. The average molecular weight is 347 g/mol. The van der Waals surface area contributed by atoms with E-state index in [4.69, 9.17) is 0 Å². The molecule has 2 aliphatic carbocycles. The van der Waals surface area contributed by atoms with Crippen LogP contribution in [0.25, 0.3) is 0 Å². The second-order valence-corrected chi connectivity index (χ2v) is 12.4. The van der Waals surface area contributed by atoms with Gasteiger partial charge in [-0.15, -0.1) is 0 Å². The highest BCUT2D eigenvalue weighted by atomic mass is 15.2. The zero-order valence-electron chi connectivity index (χ0n) is 17.7. The van der Waals surface area contributed by atoms with Crippen LogP contribution in [0.3, 0.4) is 0 Å². The van der Waals surface area contributed by atoms with Crippen molar-refractivity contribution in [3.63, 3.8) is 0 Å². The first-order valence-electron chi connectivity index (χ1n) is 11.0. The van der Waals surface area contributed by atoms with Crippen molar-refractivity contribution in [2.75, 3.05) is 33.2 Å². The first-order valence-corrected chi connectivity index (χ1v) is 11.0. The van der Waals surface area contributed by atoms with E-state index in [2.05, 4.69) is 51.5 Å². The minimum absolute atomic E-state index is 0.465. The van der Waals surface area contributed by atoms with Crippen LogP contribution in [0.2, 0.25) is 0 Å². The van der Waals surface area contributed by atoms with E-state index in [1.807, 2.05) is 0 Å². The molecule has 6 unspecified atom stereocenters. The van der Waals surface area contributed by atoms with E-state index < -0.39 is 0 Å². The first kappa shape index (κ1) is 18.3. The van der Waals surface area contributed by atoms with Gasteiger partial charge < -0.3 is 9.80 Å². The number of fused-ring (bicyclic) bond motifs is 2. The fourth-order valence-electron chi connectivity index (χ4n) is 6.99. The van der Waals surface area contributed by atoms with Gasteiger partial charge in [0.1, 0.15) is 0 Å². The maximum atomic E-state index is 2.78. The van der Waals surface area contributed by atoms with Crippen molar-refractivity contribution < 1.29 is 0 Å². The van der Waals surface area contributed by atoms with Gasteiger partial charge in [-0.1, -0.05) is 34.6 Å². The third-order valence-electron chi connectivity index (χ3n) is 7.80. The Kier molecular flexibility index (Phi) is 4.56. The second kappa shape index (κ2) is 6.23. The second-order valence-electron chi connectivity index (χ2n) is 12.4. The predicted octanol–water partition coefficient (Wildman–Crippen LogP) is 4.75. The molecule has 0 bridgehead atoms. The normalized spacial score (nSPS) is 42.0. The Morgan fingerprint density at radius 2 is 1.48 bits per heavy atom. The van der Waals surface area contributed by atoms with E-state index in [0.29, 0.717) is 10.8 Å². The zero-order valence-corrected chi connectivity index (χ0v) is 17.7. The fourth-order valence-corrected chi connectivity index (χ4v) is 6.99. The fraction of sp³-hybridized carbons (Fsp3) is 1.00. The smallest absolute Gasteiger partial charge is 0.0129 e. The molecule has 2 aliphatic heterocycles. The standard InChI is InChI=1S/C23H42N2/c1-22(2,3)10-16-7-19-12-24(6)21(20(19)8-16)11-23(4,5)15-25-13-17-9-18(17)14-25/h16-21H,7-15H2,1-6H3. The number of nitrogens with zero attached hydrogens (tertiary/aromatic N) is 2. The largest absolute Gasteiger partial charge is 0.303 e. The lowest BCUT2D eigenvalue weighted by Gasteiger charge is -2.37. The third-order valence-corrected chi connectivity index (χ3v) is 7.80. The Balaban J connectivity index is 1.34. The summed E-state index contributed by atoms with van der Waals surface area (Å²) in [5.74, 6) is 5.09. The Morgan fingerprint density at radius 1 is 0.800 bits per heavy atom. The number of likely N-dealkylation sites (tertiary alicyclic amines) is 2. The molecule has 144 valence electrons. The van der Waals surface area contributed by atoms with Gasteiger partial charge >= 0.3 is 0 Å². The van der Waals surface area contributed by atoms with E-state index in [0.717, 1.165) is 35.6 Å². The van der Waals surface area contributed by atoms with E-state index in [-0.39, 0.29) is 0 Å². The lowest BCUT2D eigenvalue weighted by molar-refractivity contribution is 0.126. The molecular formula is C23H42N2.